The topological polar surface area (TPSA) is 184 Å². The van der Waals surface area contributed by atoms with Crippen LogP contribution in [0.25, 0.3) is 0 Å². The van der Waals surface area contributed by atoms with Crippen LogP contribution in [0, 0.1) is 0 Å². The van der Waals surface area contributed by atoms with Crippen LogP contribution < -0.4 is 21.3 Å². The summed E-state index contributed by atoms with van der Waals surface area (Å²) in [6.45, 7) is 3.26. The fourth-order valence-corrected chi connectivity index (χ4v) is 12.2. The van der Waals surface area contributed by atoms with E-state index in [9.17, 15) is 33.9 Å². The number of hydrogen-bond donors (Lipinski definition) is 5. The van der Waals surface area contributed by atoms with E-state index in [1.54, 1.807) is 26.8 Å². The lowest BCUT2D eigenvalue weighted by atomic mass is 9.97. The summed E-state index contributed by atoms with van der Waals surface area (Å²) in [7, 11) is 0. The Bertz CT molecular complexity index is 2180. The molecule has 7 atom stereocenters. The molecule has 0 spiro atoms. The molecule has 5 aliphatic rings. The van der Waals surface area contributed by atoms with Crippen LogP contribution in [0.1, 0.15) is 74.5 Å². The van der Waals surface area contributed by atoms with E-state index in [2.05, 4.69) is 26.2 Å². The van der Waals surface area contributed by atoms with Gasteiger partial charge in [0.05, 0.1) is 24.2 Å². The zero-order valence-electron chi connectivity index (χ0n) is 38.4. The van der Waals surface area contributed by atoms with Gasteiger partial charge in [0, 0.05) is 68.8 Å². The third-order valence-corrected chi connectivity index (χ3v) is 15.8. The first-order chi connectivity index (χ1) is 32.6. The summed E-state index contributed by atoms with van der Waals surface area (Å²) < 4.78 is 0. The maximum absolute atomic E-state index is 14.5. The summed E-state index contributed by atoms with van der Waals surface area (Å²) in [5, 5.41) is 22.3. The molecule has 8 rings (SSSR count). The largest absolute Gasteiger partial charge is 0.508 e. The minimum Gasteiger partial charge on any atom is -0.508 e. The molecule has 7 amide bonds. The zero-order valence-corrected chi connectivity index (χ0v) is 39.2. The van der Waals surface area contributed by atoms with Gasteiger partial charge in [0.25, 0.3) is 0 Å². The van der Waals surface area contributed by atoms with Gasteiger partial charge in [0.1, 0.15) is 5.75 Å². The molecule has 16 heteroatoms. The van der Waals surface area contributed by atoms with Crippen LogP contribution in [-0.4, -0.2) is 153 Å². The number of carbonyl (C=O) groups is 6. The molecule has 15 nitrogen and oxygen atoms in total. The molecule has 358 valence electrons. The number of fused-ring (bicyclic) bond motifs is 1. The zero-order chi connectivity index (χ0) is 46.7. The number of phenolic OH excluding ortho intramolecular Hbond substituents is 1. The number of aromatic hydroxyl groups is 1. The lowest BCUT2D eigenvalue weighted by Gasteiger charge is -2.45. The highest BCUT2D eigenvalue weighted by molar-refractivity contribution is 8.00. The monoisotopic (exact) mass is 934 g/mol. The fourth-order valence-electron chi connectivity index (χ4n) is 10.7. The Kier molecular flexibility index (Phi) is 16.4. The molecule has 0 aliphatic carbocycles. The van der Waals surface area contributed by atoms with Crippen LogP contribution >= 0.6 is 11.8 Å². The summed E-state index contributed by atoms with van der Waals surface area (Å²) >= 11 is 1.88. The number of rotatable bonds is 22. The number of unbranched alkanes of at least 4 members (excludes halogenated alkanes) is 2. The molecular formula is C51H66N8O7S. The van der Waals surface area contributed by atoms with Crippen molar-refractivity contribution in [2.45, 2.75) is 119 Å². The van der Waals surface area contributed by atoms with Crippen LogP contribution in [0.5, 0.6) is 5.75 Å². The Hall–Kier alpha value is -5.61. The van der Waals surface area contributed by atoms with Gasteiger partial charge in [-0.25, -0.2) is 4.79 Å². The smallest absolute Gasteiger partial charge is 0.315 e. The minimum atomic E-state index is -0.591. The number of urea groups is 1. The molecule has 5 heterocycles. The van der Waals surface area contributed by atoms with Crippen molar-refractivity contribution in [1.29, 1.82) is 0 Å². The first-order valence-corrected chi connectivity index (χ1v) is 25.4. The SMILES string of the molecule is O=C(CCCC[C@@H]1SC[C@@H]2NC(=O)N[C@@H]21)NCCCCC(CN1CCC[C@H]1CN1C(=O)C(=O)NC[C@@H]1Cc1ccccc1)N1C[C@H](Cc2ccc(O)cc2)N(CCc2ccccc2)C(=O)C1=O. The molecule has 5 fully saturated rings. The Morgan fingerprint density at radius 2 is 1.51 bits per heavy atom. The predicted octanol–water partition coefficient (Wildman–Crippen LogP) is 3.63. The van der Waals surface area contributed by atoms with Crippen LogP contribution in [0.15, 0.2) is 84.9 Å². The second-order valence-electron chi connectivity index (χ2n) is 18.9. The number of hydrogen-bond acceptors (Lipinski definition) is 9. The van der Waals surface area contributed by atoms with Crippen molar-refractivity contribution < 1.29 is 33.9 Å². The molecule has 1 unspecified atom stereocenters. The van der Waals surface area contributed by atoms with Gasteiger partial charge in [-0.3, -0.25) is 28.9 Å². The average molecular weight is 935 g/mol. The molecular weight excluding hydrogens is 869 g/mol. The summed E-state index contributed by atoms with van der Waals surface area (Å²) in [4.78, 5) is 87.4. The summed E-state index contributed by atoms with van der Waals surface area (Å²) in [5.41, 5.74) is 3.12. The number of amides is 7. The van der Waals surface area contributed by atoms with E-state index in [-0.39, 0.29) is 53.9 Å². The van der Waals surface area contributed by atoms with Crippen LogP contribution in [0.2, 0.25) is 0 Å². The molecule has 0 bridgehead atoms. The average Bonchev–Trinajstić information content (AvgIpc) is 4.05. The number of carbonyl (C=O) groups excluding carboxylic acids is 6. The normalized spacial score (nSPS) is 24.7. The standard InChI is InChI=1S/C51H66N8O7S/c60-42-22-20-37(21-23-42)29-41-33-58(50(65)49(64)57(41)27-24-35-12-3-1-4-13-35)39(16-9-10-25-52-45(61)19-8-7-18-44-46-43(34-67-44)54-51(66)55-46)31-56-26-11-17-38(56)32-59-40(30-53-47(62)48(59)63)28-36-14-5-2-6-15-36/h1-6,12-15,20-23,38-41,43-44,46,60H,7-11,16-19,24-34H2,(H,52,61)(H,53,62)(H2,54,55,66)/t38-,39?,40-,41-,43-,44-,46-/m0/s1. The van der Waals surface area contributed by atoms with Gasteiger partial charge in [-0.05, 0) is 99.6 Å². The molecule has 0 aromatic heterocycles. The molecule has 3 aromatic rings. The first kappa shape index (κ1) is 47.9. The van der Waals surface area contributed by atoms with Crippen molar-refractivity contribution in [3.05, 3.63) is 102 Å². The van der Waals surface area contributed by atoms with Crippen molar-refractivity contribution in [3.8, 4) is 5.75 Å². The first-order valence-electron chi connectivity index (χ1n) is 24.3. The van der Waals surface area contributed by atoms with Crippen LogP contribution in [0.4, 0.5) is 4.79 Å². The third kappa shape index (κ3) is 12.5. The van der Waals surface area contributed by atoms with E-state index in [0.29, 0.717) is 89.5 Å². The minimum absolute atomic E-state index is 0.0141. The molecule has 5 N–H and O–H groups in total. The van der Waals surface area contributed by atoms with Crippen molar-refractivity contribution in [2.75, 3.05) is 51.6 Å². The molecule has 3 aromatic carbocycles. The highest BCUT2D eigenvalue weighted by atomic mass is 32.2. The highest BCUT2D eigenvalue weighted by Crippen LogP contribution is 2.33. The van der Waals surface area contributed by atoms with Crippen LogP contribution in [-0.2, 0) is 43.2 Å². The lowest BCUT2D eigenvalue weighted by molar-refractivity contribution is -0.161. The van der Waals surface area contributed by atoms with E-state index < -0.39 is 23.6 Å². The van der Waals surface area contributed by atoms with Crippen molar-refractivity contribution in [3.63, 3.8) is 0 Å². The number of benzene rings is 3. The molecule has 0 radical (unpaired) electrons. The van der Waals surface area contributed by atoms with Gasteiger partial charge >= 0.3 is 29.7 Å². The molecule has 0 saturated carbocycles. The van der Waals surface area contributed by atoms with Crippen molar-refractivity contribution in [1.82, 2.24) is 40.9 Å². The second-order valence-corrected chi connectivity index (χ2v) is 20.2. The Morgan fingerprint density at radius 3 is 2.28 bits per heavy atom. The Labute approximate surface area is 398 Å². The van der Waals surface area contributed by atoms with Gasteiger partial charge in [0.15, 0.2) is 0 Å². The maximum Gasteiger partial charge on any atom is 0.315 e. The van der Waals surface area contributed by atoms with Crippen molar-refractivity contribution in [2.24, 2.45) is 0 Å². The van der Waals surface area contributed by atoms with E-state index in [1.807, 2.05) is 84.6 Å². The van der Waals surface area contributed by atoms with E-state index in [4.69, 9.17) is 0 Å². The van der Waals surface area contributed by atoms with E-state index in [0.717, 1.165) is 61.1 Å². The lowest BCUT2D eigenvalue weighted by Crippen LogP contribution is -2.64. The quantitative estimate of drug-likeness (QED) is 0.0571. The maximum atomic E-state index is 14.5. The van der Waals surface area contributed by atoms with Gasteiger partial charge in [-0.1, -0.05) is 79.2 Å². The number of thioether (sulfide) groups is 1. The van der Waals surface area contributed by atoms with Gasteiger partial charge in [0.2, 0.25) is 5.91 Å². The van der Waals surface area contributed by atoms with Gasteiger partial charge < -0.3 is 41.1 Å². The highest BCUT2D eigenvalue weighted by Gasteiger charge is 2.45. The van der Waals surface area contributed by atoms with Crippen molar-refractivity contribution >= 4 is 47.3 Å². The number of nitrogens with zero attached hydrogens (tertiary/aromatic N) is 4. The van der Waals surface area contributed by atoms with E-state index >= 15 is 0 Å². The molecule has 5 aliphatic heterocycles. The number of likely N-dealkylation sites (tertiary alicyclic amines) is 1. The van der Waals surface area contributed by atoms with Gasteiger partial charge in [-0.2, -0.15) is 11.8 Å². The summed E-state index contributed by atoms with van der Waals surface area (Å²) in [6.07, 6.45) is 8.58. The molecule has 67 heavy (non-hydrogen) atoms. The number of nitrogens with one attached hydrogen (secondary N) is 4. The third-order valence-electron chi connectivity index (χ3n) is 14.3. The predicted molar refractivity (Wildman–Crippen MR) is 257 cm³/mol. The summed E-state index contributed by atoms with van der Waals surface area (Å²) in [5.74, 6) is -1.07. The second kappa shape index (κ2) is 22.9. The Morgan fingerprint density at radius 1 is 0.776 bits per heavy atom. The van der Waals surface area contributed by atoms with Gasteiger partial charge in [-0.15, -0.1) is 0 Å². The number of phenols is 1. The fraction of sp³-hybridized carbons (Fsp3) is 0.529. The Balaban J connectivity index is 0.933. The van der Waals surface area contributed by atoms with Crippen LogP contribution in [0.3, 0.4) is 0 Å². The molecule has 5 saturated heterocycles. The summed E-state index contributed by atoms with van der Waals surface area (Å²) in [6, 6.07) is 26.3. The van der Waals surface area contributed by atoms with E-state index in [1.165, 1.54) is 0 Å². The number of piperazine rings is 2.